The van der Waals surface area contributed by atoms with Crippen LogP contribution in [0.5, 0.6) is 0 Å². The van der Waals surface area contributed by atoms with Crippen molar-refractivity contribution in [1.82, 2.24) is 29.9 Å². The average Bonchev–Trinajstić information content (AvgIpc) is 3.31. The summed E-state index contributed by atoms with van der Waals surface area (Å²) in [6.45, 7) is 5.77. The lowest BCUT2D eigenvalue weighted by atomic mass is 10.3. The monoisotopic (exact) mass is 422 g/mol. The van der Waals surface area contributed by atoms with Gasteiger partial charge in [0, 0.05) is 46.8 Å². The van der Waals surface area contributed by atoms with Gasteiger partial charge in [0.2, 0.25) is 5.95 Å². The molecule has 2 amide bonds. The zero-order valence-electron chi connectivity index (χ0n) is 16.8. The minimum atomic E-state index is -0.221. The lowest BCUT2D eigenvalue weighted by Crippen LogP contribution is -2.34. The molecule has 0 fully saturated rings. The smallest absolute Gasteiger partial charge is 0.319 e. The number of H-pyrrole nitrogens is 1. The number of aromatic nitrogens is 5. The van der Waals surface area contributed by atoms with Gasteiger partial charge < -0.3 is 16.0 Å². The van der Waals surface area contributed by atoms with Crippen LogP contribution in [0.15, 0.2) is 58.7 Å². The Balaban J connectivity index is 1.51. The molecule has 4 N–H and O–H groups in total. The third-order valence-electron chi connectivity index (χ3n) is 4.07. The molecule has 0 atom stereocenters. The predicted octanol–water partition coefficient (Wildman–Crippen LogP) is 4.19. The van der Waals surface area contributed by atoms with Crippen molar-refractivity contribution in [3.05, 3.63) is 54.5 Å². The van der Waals surface area contributed by atoms with Gasteiger partial charge in [-0.05, 0) is 45.0 Å². The normalized spacial score (nSPS) is 11.1. The van der Waals surface area contributed by atoms with Gasteiger partial charge in [-0.3, -0.25) is 9.50 Å². The van der Waals surface area contributed by atoms with E-state index in [2.05, 4.69) is 31.1 Å². The van der Waals surface area contributed by atoms with E-state index in [9.17, 15) is 4.79 Å². The van der Waals surface area contributed by atoms with E-state index in [4.69, 9.17) is 4.98 Å². The van der Waals surface area contributed by atoms with Gasteiger partial charge in [-0.25, -0.2) is 14.8 Å². The molecule has 3 aromatic heterocycles. The number of aryl methyl sites for hydroxylation is 1. The topological polar surface area (TPSA) is 112 Å². The van der Waals surface area contributed by atoms with E-state index in [1.54, 1.807) is 6.20 Å². The first kappa shape index (κ1) is 19.8. The number of nitrogens with zero attached hydrogens (tertiary/aromatic N) is 4. The molecule has 0 bridgehead atoms. The highest BCUT2D eigenvalue weighted by molar-refractivity contribution is 7.99. The number of nitrogens with one attached hydrogen (secondary N) is 4. The van der Waals surface area contributed by atoms with Gasteiger partial charge in [-0.1, -0.05) is 11.8 Å². The van der Waals surface area contributed by atoms with Crippen LogP contribution in [0.3, 0.4) is 0 Å². The fourth-order valence-corrected chi connectivity index (χ4v) is 3.61. The van der Waals surface area contributed by atoms with Gasteiger partial charge in [0.1, 0.15) is 10.7 Å². The Morgan fingerprint density at radius 3 is 2.70 bits per heavy atom. The number of urea groups is 1. The number of hydrogen-bond acceptors (Lipinski definition) is 6. The van der Waals surface area contributed by atoms with E-state index in [1.807, 2.05) is 67.8 Å². The summed E-state index contributed by atoms with van der Waals surface area (Å²) in [7, 11) is 0. The zero-order valence-corrected chi connectivity index (χ0v) is 17.6. The molecule has 1 aromatic carbocycles. The molecule has 0 saturated carbocycles. The van der Waals surface area contributed by atoms with Crippen LogP contribution in [0.2, 0.25) is 0 Å². The molecule has 30 heavy (non-hydrogen) atoms. The summed E-state index contributed by atoms with van der Waals surface area (Å²) >= 11 is 1.51. The molecule has 3 heterocycles. The number of benzene rings is 1. The molecule has 4 aromatic rings. The fraction of sp³-hybridized carbons (Fsp3) is 0.200. The van der Waals surface area contributed by atoms with Crippen LogP contribution in [0, 0.1) is 6.92 Å². The van der Waals surface area contributed by atoms with Gasteiger partial charge >= 0.3 is 6.03 Å². The molecule has 0 unspecified atom stereocenters. The first-order valence-corrected chi connectivity index (χ1v) is 10.3. The number of aromatic amines is 1. The Kier molecular flexibility index (Phi) is 5.57. The largest absolute Gasteiger partial charge is 0.336 e. The van der Waals surface area contributed by atoms with Gasteiger partial charge in [0.15, 0.2) is 5.82 Å². The number of hydrogen-bond donors (Lipinski definition) is 4. The summed E-state index contributed by atoms with van der Waals surface area (Å²) in [5.41, 5.74) is 2.47. The first-order valence-electron chi connectivity index (χ1n) is 9.45. The van der Waals surface area contributed by atoms with Crippen molar-refractivity contribution in [3.8, 4) is 0 Å². The summed E-state index contributed by atoms with van der Waals surface area (Å²) < 4.78 is 1.87. The maximum Gasteiger partial charge on any atom is 0.319 e. The summed E-state index contributed by atoms with van der Waals surface area (Å²) in [6, 6.07) is 11.3. The van der Waals surface area contributed by atoms with Crippen LogP contribution < -0.4 is 16.0 Å². The Morgan fingerprint density at radius 2 is 2.00 bits per heavy atom. The SMILES string of the molecule is Cc1cc(Nc2nc(Sc3ccc(NC(=O)NC(C)C)cc3)cc3nccn23)n[nH]1. The maximum absolute atomic E-state index is 11.8. The predicted molar refractivity (Wildman–Crippen MR) is 117 cm³/mol. The fourth-order valence-electron chi connectivity index (χ4n) is 2.80. The number of fused-ring (bicyclic) bond motifs is 1. The number of carbonyl (C=O) groups excluding carboxylic acids is 1. The molecule has 9 nitrogen and oxygen atoms in total. The van der Waals surface area contributed by atoms with Gasteiger partial charge in [-0.2, -0.15) is 5.10 Å². The molecule has 154 valence electrons. The second kappa shape index (κ2) is 8.46. The van der Waals surface area contributed by atoms with E-state index in [0.717, 1.165) is 26.9 Å². The molecular formula is C20H22N8OS. The molecule has 4 rings (SSSR count). The molecule has 0 spiro atoms. The quantitative estimate of drug-likeness (QED) is 0.347. The van der Waals surface area contributed by atoms with Crippen LogP contribution in [0.1, 0.15) is 19.5 Å². The van der Waals surface area contributed by atoms with Crippen molar-refractivity contribution in [2.45, 2.75) is 36.7 Å². The van der Waals surface area contributed by atoms with Gasteiger partial charge in [-0.15, -0.1) is 0 Å². The summed E-state index contributed by atoms with van der Waals surface area (Å²) in [4.78, 5) is 21.9. The summed E-state index contributed by atoms with van der Waals surface area (Å²) in [5.74, 6) is 1.31. The zero-order chi connectivity index (χ0) is 21.1. The number of imidazole rings is 1. The van der Waals surface area contributed by atoms with Crippen LogP contribution in [-0.4, -0.2) is 36.6 Å². The van der Waals surface area contributed by atoms with Crippen molar-refractivity contribution >= 4 is 40.9 Å². The van der Waals surface area contributed by atoms with Crippen LogP contribution in [-0.2, 0) is 0 Å². The highest BCUT2D eigenvalue weighted by atomic mass is 32.2. The second-order valence-electron chi connectivity index (χ2n) is 7.01. The highest BCUT2D eigenvalue weighted by Crippen LogP contribution is 2.29. The van der Waals surface area contributed by atoms with E-state index in [0.29, 0.717) is 11.8 Å². The molecule has 0 aliphatic heterocycles. The van der Waals surface area contributed by atoms with Crippen molar-refractivity contribution in [2.24, 2.45) is 0 Å². The standard InChI is InChI=1S/C20H22N8OS/c1-12(2)22-20(29)23-14-4-6-15(7-5-14)30-18-11-17-21-8-9-28(17)19(25-18)24-16-10-13(3)26-27-16/h4-12H,1-3H3,(H2,22,23,29)(H2,24,25,26,27). The average molecular weight is 423 g/mol. The minimum Gasteiger partial charge on any atom is -0.336 e. The molecular weight excluding hydrogens is 400 g/mol. The third kappa shape index (κ3) is 4.71. The maximum atomic E-state index is 11.8. The van der Waals surface area contributed by atoms with Crippen molar-refractivity contribution in [3.63, 3.8) is 0 Å². The minimum absolute atomic E-state index is 0.0803. The highest BCUT2D eigenvalue weighted by Gasteiger charge is 2.10. The van der Waals surface area contributed by atoms with Crippen LogP contribution in [0.25, 0.3) is 5.65 Å². The molecule has 0 aliphatic carbocycles. The number of rotatable bonds is 6. The third-order valence-corrected chi connectivity index (χ3v) is 4.99. The lowest BCUT2D eigenvalue weighted by molar-refractivity contribution is 0.250. The van der Waals surface area contributed by atoms with Gasteiger partial charge in [0.25, 0.3) is 0 Å². The van der Waals surface area contributed by atoms with Crippen molar-refractivity contribution in [1.29, 1.82) is 0 Å². The molecule has 0 saturated heterocycles. The summed E-state index contributed by atoms with van der Waals surface area (Å²) in [5, 5.41) is 16.8. The first-order chi connectivity index (χ1) is 14.5. The van der Waals surface area contributed by atoms with Crippen LogP contribution >= 0.6 is 11.8 Å². The Morgan fingerprint density at radius 1 is 1.20 bits per heavy atom. The van der Waals surface area contributed by atoms with E-state index < -0.39 is 0 Å². The Labute approximate surface area is 177 Å². The number of carbonyl (C=O) groups is 1. The molecule has 0 radical (unpaired) electrons. The van der Waals surface area contributed by atoms with Gasteiger partial charge in [0.05, 0.1) is 0 Å². The number of amides is 2. The van der Waals surface area contributed by atoms with Crippen LogP contribution in [0.4, 0.5) is 22.2 Å². The number of anilines is 3. The van der Waals surface area contributed by atoms with E-state index >= 15 is 0 Å². The second-order valence-corrected chi connectivity index (χ2v) is 8.11. The van der Waals surface area contributed by atoms with E-state index in [-0.39, 0.29) is 12.1 Å². The Hall–Kier alpha value is -3.53. The summed E-state index contributed by atoms with van der Waals surface area (Å²) in [6.07, 6.45) is 3.58. The van der Waals surface area contributed by atoms with Crippen molar-refractivity contribution < 1.29 is 4.79 Å². The van der Waals surface area contributed by atoms with E-state index in [1.165, 1.54) is 11.8 Å². The lowest BCUT2D eigenvalue weighted by Gasteiger charge is -2.11. The molecule has 0 aliphatic rings. The van der Waals surface area contributed by atoms with Crippen molar-refractivity contribution in [2.75, 3.05) is 10.6 Å². The molecule has 10 heteroatoms. The Bertz CT molecular complexity index is 1170.